The maximum absolute atomic E-state index is 13.0. The highest BCUT2D eigenvalue weighted by atomic mass is 32.1. The Morgan fingerprint density at radius 3 is 2.82 bits per heavy atom. The Kier molecular flexibility index (Phi) is 6.21. The van der Waals surface area contributed by atoms with Crippen LogP contribution in [0.25, 0.3) is 0 Å². The number of anilines is 3. The minimum absolute atomic E-state index is 0.0866. The predicted molar refractivity (Wildman–Crippen MR) is 135 cm³/mol. The number of likely N-dealkylation sites (N-methyl/N-ethyl adjacent to an activating group) is 1. The molecule has 8 nitrogen and oxygen atoms in total. The molecule has 3 heterocycles. The first kappa shape index (κ1) is 22.4. The number of benzene rings is 2. The number of likely N-dealkylation sites (tertiary alicyclic amines) is 1. The van der Waals surface area contributed by atoms with Crippen LogP contribution in [-0.2, 0) is 13.0 Å². The van der Waals surface area contributed by atoms with Crippen LogP contribution in [0.4, 0.5) is 21.3 Å². The number of thiazole rings is 1. The van der Waals surface area contributed by atoms with Crippen LogP contribution < -0.4 is 16.4 Å². The Bertz CT molecular complexity index is 1230. The summed E-state index contributed by atoms with van der Waals surface area (Å²) in [6.45, 7) is 2.51. The number of rotatable bonds is 4. The molecule has 1 aromatic heterocycles. The molecular weight excluding hydrogens is 448 g/mol. The first-order valence-electron chi connectivity index (χ1n) is 11.5. The van der Waals surface area contributed by atoms with Crippen LogP contribution in [0, 0.1) is 0 Å². The fraction of sp³-hybridized carbons (Fsp3) is 0.320. The summed E-state index contributed by atoms with van der Waals surface area (Å²) in [6.07, 6.45) is 2.66. The van der Waals surface area contributed by atoms with E-state index < -0.39 is 0 Å². The number of nitrogens with zero attached hydrogens (tertiary/aromatic N) is 3. The van der Waals surface area contributed by atoms with E-state index in [4.69, 9.17) is 5.73 Å². The predicted octanol–water partition coefficient (Wildman–Crippen LogP) is 4.33. The van der Waals surface area contributed by atoms with E-state index in [1.54, 1.807) is 29.5 Å². The van der Waals surface area contributed by atoms with Crippen molar-refractivity contribution in [2.45, 2.75) is 31.8 Å². The van der Waals surface area contributed by atoms with Crippen LogP contribution in [0.15, 0.2) is 48.5 Å². The number of urea groups is 1. The summed E-state index contributed by atoms with van der Waals surface area (Å²) in [5.41, 5.74) is 9.70. The Morgan fingerprint density at radius 2 is 1.97 bits per heavy atom. The lowest BCUT2D eigenvalue weighted by Gasteiger charge is -2.25. The third kappa shape index (κ3) is 4.76. The summed E-state index contributed by atoms with van der Waals surface area (Å²) < 4.78 is 0. The number of nitrogen functional groups attached to an aromatic ring is 1. The van der Waals surface area contributed by atoms with Gasteiger partial charge in [-0.2, -0.15) is 0 Å². The van der Waals surface area contributed by atoms with Crippen LogP contribution in [0.2, 0.25) is 0 Å². The Morgan fingerprint density at radius 1 is 1.12 bits per heavy atom. The SMILES string of the molecule is CN1CCc2nc(NC(=O)c3cccc(C4CCCN4C(=O)Nc4cccc(N)c4)c3)sc2C1. The normalized spacial score (nSPS) is 17.9. The number of hydrogen-bond donors (Lipinski definition) is 3. The average molecular weight is 477 g/mol. The molecule has 2 aromatic carbocycles. The maximum atomic E-state index is 13.0. The van der Waals surface area contributed by atoms with Gasteiger partial charge >= 0.3 is 6.03 Å². The van der Waals surface area contributed by atoms with E-state index in [0.717, 1.165) is 43.6 Å². The van der Waals surface area contributed by atoms with Gasteiger partial charge in [-0.05, 0) is 55.8 Å². The molecule has 0 saturated carbocycles. The lowest BCUT2D eigenvalue weighted by Crippen LogP contribution is -2.34. The highest BCUT2D eigenvalue weighted by Crippen LogP contribution is 2.33. The lowest BCUT2D eigenvalue weighted by atomic mass is 10.0. The number of carbonyl (C=O) groups is 2. The molecule has 3 amide bonds. The maximum Gasteiger partial charge on any atom is 0.322 e. The first-order valence-corrected chi connectivity index (χ1v) is 12.3. The van der Waals surface area contributed by atoms with Crippen molar-refractivity contribution in [3.05, 3.63) is 70.2 Å². The van der Waals surface area contributed by atoms with Gasteiger partial charge in [0.15, 0.2) is 5.13 Å². The zero-order chi connectivity index (χ0) is 23.7. The molecule has 34 heavy (non-hydrogen) atoms. The molecule has 3 aromatic rings. The minimum atomic E-state index is -0.185. The van der Waals surface area contributed by atoms with E-state index in [0.29, 0.717) is 28.6 Å². The van der Waals surface area contributed by atoms with E-state index in [9.17, 15) is 9.59 Å². The van der Waals surface area contributed by atoms with Crippen LogP contribution in [-0.4, -0.2) is 46.9 Å². The molecule has 5 rings (SSSR count). The molecule has 0 radical (unpaired) electrons. The highest BCUT2D eigenvalue weighted by molar-refractivity contribution is 7.15. The third-order valence-corrected chi connectivity index (χ3v) is 7.33. The summed E-state index contributed by atoms with van der Waals surface area (Å²) in [5, 5.41) is 6.54. The second-order valence-electron chi connectivity index (χ2n) is 8.86. The number of aromatic nitrogens is 1. The van der Waals surface area contributed by atoms with Crippen molar-refractivity contribution < 1.29 is 9.59 Å². The quantitative estimate of drug-likeness (QED) is 0.486. The number of nitrogens with one attached hydrogen (secondary N) is 2. The van der Waals surface area contributed by atoms with Crippen molar-refractivity contribution in [2.24, 2.45) is 0 Å². The van der Waals surface area contributed by atoms with Crippen LogP contribution >= 0.6 is 11.3 Å². The van der Waals surface area contributed by atoms with E-state index in [-0.39, 0.29) is 18.0 Å². The molecule has 0 bridgehead atoms. The van der Waals surface area contributed by atoms with Gasteiger partial charge < -0.3 is 20.9 Å². The Balaban J connectivity index is 1.29. The molecule has 1 fully saturated rings. The second-order valence-corrected chi connectivity index (χ2v) is 9.95. The molecule has 2 aliphatic heterocycles. The van der Waals surface area contributed by atoms with Gasteiger partial charge in [0.2, 0.25) is 0 Å². The Hall–Kier alpha value is -3.43. The minimum Gasteiger partial charge on any atom is -0.399 e. The first-order chi connectivity index (χ1) is 16.5. The number of fused-ring (bicyclic) bond motifs is 1. The van der Waals surface area contributed by atoms with Crippen molar-refractivity contribution in [3.63, 3.8) is 0 Å². The molecule has 4 N–H and O–H groups in total. The van der Waals surface area contributed by atoms with E-state index in [1.807, 2.05) is 35.2 Å². The van der Waals surface area contributed by atoms with Gasteiger partial charge in [-0.3, -0.25) is 10.1 Å². The fourth-order valence-electron chi connectivity index (χ4n) is 4.60. The van der Waals surface area contributed by atoms with E-state index >= 15 is 0 Å². The molecule has 0 aliphatic carbocycles. The molecule has 1 atom stereocenters. The average Bonchev–Trinajstić information content (AvgIpc) is 3.46. The Labute approximate surface area is 202 Å². The third-order valence-electron chi connectivity index (χ3n) is 6.33. The zero-order valence-electron chi connectivity index (χ0n) is 19.1. The summed E-state index contributed by atoms with van der Waals surface area (Å²) >= 11 is 1.54. The zero-order valence-corrected chi connectivity index (χ0v) is 19.9. The van der Waals surface area contributed by atoms with Crippen molar-refractivity contribution in [3.8, 4) is 0 Å². The topological polar surface area (TPSA) is 104 Å². The number of amides is 3. The van der Waals surface area contributed by atoms with Crippen LogP contribution in [0.1, 0.15) is 45.4 Å². The fourth-order valence-corrected chi connectivity index (χ4v) is 5.68. The molecule has 176 valence electrons. The highest BCUT2D eigenvalue weighted by Gasteiger charge is 2.30. The van der Waals surface area contributed by atoms with Gasteiger partial charge in [-0.25, -0.2) is 9.78 Å². The van der Waals surface area contributed by atoms with E-state index in [2.05, 4.69) is 27.6 Å². The van der Waals surface area contributed by atoms with Crippen molar-refractivity contribution >= 4 is 39.8 Å². The van der Waals surface area contributed by atoms with Crippen molar-refractivity contribution in [2.75, 3.05) is 36.5 Å². The monoisotopic (exact) mass is 476 g/mol. The lowest BCUT2D eigenvalue weighted by molar-refractivity contribution is 0.102. The molecular formula is C25H28N6O2S. The number of carbonyl (C=O) groups excluding carboxylic acids is 2. The molecule has 1 saturated heterocycles. The van der Waals surface area contributed by atoms with Gasteiger partial charge in [0.1, 0.15) is 0 Å². The summed E-state index contributed by atoms with van der Waals surface area (Å²) in [5.74, 6) is -0.185. The summed E-state index contributed by atoms with van der Waals surface area (Å²) in [6, 6.07) is 14.4. The molecule has 0 spiro atoms. The van der Waals surface area contributed by atoms with Crippen LogP contribution in [0.3, 0.4) is 0 Å². The number of nitrogens with two attached hydrogens (primary N) is 1. The van der Waals surface area contributed by atoms with Gasteiger partial charge in [0, 0.05) is 47.9 Å². The van der Waals surface area contributed by atoms with E-state index in [1.165, 1.54) is 4.88 Å². The van der Waals surface area contributed by atoms with Gasteiger partial charge in [-0.15, -0.1) is 11.3 Å². The standard InChI is InChI=1S/C25H28N6O2S/c1-30-12-10-20-22(15-30)34-24(28-20)29-23(32)17-6-2-5-16(13-17)21-9-4-11-31(21)25(33)27-19-8-3-7-18(26)14-19/h2-3,5-8,13-14,21H,4,9-12,15,26H2,1H3,(H,27,33)(H,28,29,32). The summed E-state index contributed by atoms with van der Waals surface area (Å²) in [7, 11) is 2.09. The van der Waals surface area contributed by atoms with Crippen LogP contribution in [0.5, 0.6) is 0 Å². The van der Waals surface area contributed by atoms with Crippen molar-refractivity contribution in [1.29, 1.82) is 0 Å². The summed E-state index contributed by atoms with van der Waals surface area (Å²) in [4.78, 5) is 35.9. The molecule has 2 aliphatic rings. The van der Waals surface area contributed by atoms with Crippen molar-refractivity contribution in [1.82, 2.24) is 14.8 Å². The van der Waals surface area contributed by atoms with Gasteiger partial charge in [0.05, 0.1) is 11.7 Å². The second kappa shape index (κ2) is 9.44. The smallest absolute Gasteiger partial charge is 0.322 e. The molecule has 1 unspecified atom stereocenters. The van der Waals surface area contributed by atoms with Gasteiger partial charge in [0.25, 0.3) is 5.91 Å². The number of hydrogen-bond acceptors (Lipinski definition) is 6. The molecule has 9 heteroatoms. The largest absolute Gasteiger partial charge is 0.399 e. The van der Waals surface area contributed by atoms with Gasteiger partial charge in [-0.1, -0.05) is 18.2 Å².